The summed E-state index contributed by atoms with van der Waals surface area (Å²) in [5, 5.41) is 8.04. The summed E-state index contributed by atoms with van der Waals surface area (Å²) >= 11 is 0. The highest BCUT2D eigenvalue weighted by atomic mass is 16.3. The summed E-state index contributed by atoms with van der Waals surface area (Å²) in [6.07, 6.45) is 1.64. The van der Waals surface area contributed by atoms with Crippen molar-refractivity contribution < 1.29 is 4.42 Å². The summed E-state index contributed by atoms with van der Waals surface area (Å²) in [7, 11) is 0. The maximum atomic E-state index is 6.41. The van der Waals surface area contributed by atoms with Gasteiger partial charge in [-0.2, -0.15) is 0 Å². The van der Waals surface area contributed by atoms with Crippen LogP contribution in [0.4, 0.5) is 17.1 Å². The topological polar surface area (TPSA) is 47.1 Å². The van der Waals surface area contributed by atoms with Gasteiger partial charge in [0.25, 0.3) is 0 Å². The van der Waals surface area contributed by atoms with Crippen molar-refractivity contribution in [2.75, 3.05) is 4.90 Å². The molecule has 7 aromatic carbocycles. The molecule has 10 rings (SSSR count). The minimum absolute atomic E-state index is 0.675. The molecular weight excluding hydrogens is 576 g/mol. The standard InChI is InChI=1S/C42H26N4O/c1-3-15-30-27(11-1)13-9-20-35(30)45(36-21-10-14-28-12-2-4-16-31(28)36)29-23-24-38-34(25-29)32-17-5-7-19-37(32)46(38)42-41-40(43-26-44-42)33-18-6-8-22-39(33)47-41/h1-26H. The lowest BCUT2D eigenvalue weighted by molar-refractivity contribution is 0.662. The molecule has 0 spiro atoms. The van der Waals surface area contributed by atoms with Gasteiger partial charge in [-0.25, -0.2) is 9.97 Å². The number of anilines is 3. The van der Waals surface area contributed by atoms with Gasteiger partial charge in [0.1, 0.15) is 17.4 Å². The quantitative estimate of drug-likeness (QED) is 0.201. The van der Waals surface area contributed by atoms with Crippen LogP contribution in [-0.4, -0.2) is 14.5 Å². The monoisotopic (exact) mass is 602 g/mol. The van der Waals surface area contributed by atoms with E-state index in [4.69, 9.17) is 9.40 Å². The number of hydrogen-bond donors (Lipinski definition) is 0. The highest BCUT2D eigenvalue weighted by Gasteiger charge is 2.22. The zero-order valence-corrected chi connectivity index (χ0v) is 25.2. The van der Waals surface area contributed by atoms with Crippen LogP contribution in [0, 0.1) is 0 Å². The third-order valence-electron chi connectivity index (χ3n) is 9.28. The second-order valence-electron chi connectivity index (χ2n) is 11.9. The lowest BCUT2D eigenvalue weighted by atomic mass is 10.0. The maximum absolute atomic E-state index is 6.41. The molecule has 0 aliphatic carbocycles. The van der Waals surface area contributed by atoms with Gasteiger partial charge < -0.3 is 9.32 Å². The van der Waals surface area contributed by atoms with Crippen LogP contribution in [-0.2, 0) is 0 Å². The minimum atomic E-state index is 0.675. The van der Waals surface area contributed by atoms with Gasteiger partial charge in [0.05, 0.1) is 22.4 Å². The van der Waals surface area contributed by atoms with Gasteiger partial charge in [-0.15, -0.1) is 0 Å². The van der Waals surface area contributed by atoms with E-state index in [1.807, 2.05) is 24.3 Å². The molecule has 0 N–H and O–H groups in total. The zero-order valence-electron chi connectivity index (χ0n) is 25.2. The number of rotatable bonds is 4. The summed E-state index contributed by atoms with van der Waals surface area (Å²) in [6, 6.07) is 53.6. The number of benzene rings is 7. The fraction of sp³-hybridized carbons (Fsp3) is 0. The number of para-hydroxylation sites is 2. The molecule has 10 aromatic rings. The predicted molar refractivity (Wildman–Crippen MR) is 193 cm³/mol. The van der Waals surface area contributed by atoms with Crippen LogP contribution in [0.2, 0.25) is 0 Å². The number of aromatic nitrogens is 3. The molecule has 0 atom stereocenters. The molecule has 0 aliphatic heterocycles. The van der Waals surface area contributed by atoms with Crippen LogP contribution in [0.25, 0.3) is 71.2 Å². The molecule has 0 radical (unpaired) electrons. The van der Waals surface area contributed by atoms with Crippen LogP contribution >= 0.6 is 0 Å². The second kappa shape index (κ2) is 10.0. The Balaban J connectivity index is 1.27. The van der Waals surface area contributed by atoms with Gasteiger partial charge in [-0.3, -0.25) is 4.57 Å². The fourth-order valence-corrected chi connectivity index (χ4v) is 7.21. The summed E-state index contributed by atoms with van der Waals surface area (Å²) in [4.78, 5) is 11.8. The molecule has 0 saturated carbocycles. The van der Waals surface area contributed by atoms with Crippen LogP contribution < -0.4 is 4.90 Å². The third-order valence-corrected chi connectivity index (χ3v) is 9.28. The summed E-state index contributed by atoms with van der Waals surface area (Å²) in [5.41, 5.74) is 7.72. The molecule has 0 fully saturated rings. The second-order valence-corrected chi connectivity index (χ2v) is 11.9. The van der Waals surface area contributed by atoms with Gasteiger partial charge in [0.2, 0.25) is 0 Å². The number of fused-ring (bicyclic) bond motifs is 8. The lowest BCUT2D eigenvalue weighted by Gasteiger charge is -2.28. The largest absolute Gasteiger partial charge is 0.450 e. The van der Waals surface area contributed by atoms with Gasteiger partial charge in [0, 0.05) is 32.6 Å². The first kappa shape index (κ1) is 25.8. The molecule has 220 valence electrons. The van der Waals surface area contributed by atoms with E-state index in [1.54, 1.807) is 6.33 Å². The van der Waals surface area contributed by atoms with E-state index in [2.05, 4.69) is 142 Å². The van der Waals surface area contributed by atoms with Crippen molar-refractivity contribution in [3.8, 4) is 5.82 Å². The average molecular weight is 603 g/mol. The van der Waals surface area contributed by atoms with Crippen LogP contribution in [0.5, 0.6) is 0 Å². The third kappa shape index (κ3) is 3.83. The summed E-state index contributed by atoms with van der Waals surface area (Å²) < 4.78 is 8.62. The van der Waals surface area contributed by atoms with Gasteiger partial charge >= 0.3 is 0 Å². The molecule has 0 saturated heterocycles. The Morgan fingerprint density at radius 1 is 0.489 bits per heavy atom. The van der Waals surface area contributed by atoms with Crippen LogP contribution in [0.3, 0.4) is 0 Å². The van der Waals surface area contributed by atoms with Crippen LogP contribution in [0.1, 0.15) is 0 Å². The van der Waals surface area contributed by atoms with Crippen molar-refractivity contribution >= 4 is 82.5 Å². The van der Waals surface area contributed by atoms with Gasteiger partial charge in [-0.05, 0) is 59.3 Å². The fourth-order valence-electron chi connectivity index (χ4n) is 7.21. The number of nitrogens with zero attached hydrogens (tertiary/aromatic N) is 4. The highest BCUT2D eigenvalue weighted by Crippen LogP contribution is 2.44. The van der Waals surface area contributed by atoms with Crippen molar-refractivity contribution in [1.82, 2.24) is 14.5 Å². The Bertz CT molecular complexity index is 2740. The molecule has 3 aromatic heterocycles. The smallest absolute Gasteiger partial charge is 0.197 e. The number of hydrogen-bond acceptors (Lipinski definition) is 4. The molecule has 0 bridgehead atoms. The Morgan fingerprint density at radius 3 is 1.83 bits per heavy atom. The molecular formula is C42H26N4O. The molecule has 0 amide bonds. The van der Waals surface area contributed by atoms with Crippen molar-refractivity contribution in [3.05, 3.63) is 158 Å². The molecule has 3 heterocycles. The van der Waals surface area contributed by atoms with E-state index in [0.717, 1.165) is 61.2 Å². The van der Waals surface area contributed by atoms with Gasteiger partial charge in [0.15, 0.2) is 11.4 Å². The first-order chi connectivity index (χ1) is 23.3. The number of furan rings is 1. The molecule has 5 nitrogen and oxygen atoms in total. The molecule has 5 heteroatoms. The minimum Gasteiger partial charge on any atom is -0.450 e. The summed E-state index contributed by atoms with van der Waals surface area (Å²) in [6.45, 7) is 0. The Hall–Kier alpha value is -6.46. The van der Waals surface area contributed by atoms with Crippen molar-refractivity contribution in [2.24, 2.45) is 0 Å². The maximum Gasteiger partial charge on any atom is 0.197 e. The average Bonchev–Trinajstić information content (AvgIpc) is 3.68. The van der Waals surface area contributed by atoms with E-state index in [-0.39, 0.29) is 0 Å². The Morgan fingerprint density at radius 2 is 1.09 bits per heavy atom. The van der Waals surface area contributed by atoms with E-state index in [0.29, 0.717) is 5.58 Å². The SMILES string of the molecule is c1ccc2c(N(c3ccc4c(c3)c3ccccc3n4-c3ncnc4c3oc3ccccc34)c3cccc4ccccc34)cccc2c1. The highest BCUT2D eigenvalue weighted by molar-refractivity contribution is 6.13. The van der Waals surface area contributed by atoms with Crippen molar-refractivity contribution in [3.63, 3.8) is 0 Å². The first-order valence-electron chi connectivity index (χ1n) is 15.7. The normalized spacial score (nSPS) is 11.8. The van der Waals surface area contributed by atoms with E-state index >= 15 is 0 Å². The molecule has 47 heavy (non-hydrogen) atoms. The van der Waals surface area contributed by atoms with Gasteiger partial charge in [-0.1, -0.05) is 103 Å². The Labute approximate surface area is 269 Å². The zero-order chi connectivity index (χ0) is 30.9. The summed E-state index contributed by atoms with van der Waals surface area (Å²) in [5.74, 6) is 0.727. The van der Waals surface area contributed by atoms with E-state index in [1.165, 1.54) is 21.5 Å². The van der Waals surface area contributed by atoms with Crippen molar-refractivity contribution in [2.45, 2.75) is 0 Å². The van der Waals surface area contributed by atoms with E-state index < -0.39 is 0 Å². The van der Waals surface area contributed by atoms with Crippen LogP contribution in [0.15, 0.2) is 162 Å². The van der Waals surface area contributed by atoms with Crippen molar-refractivity contribution in [1.29, 1.82) is 0 Å². The molecule has 0 unspecified atom stereocenters. The van der Waals surface area contributed by atoms with E-state index in [9.17, 15) is 0 Å². The first-order valence-corrected chi connectivity index (χ1v) is 15.7. The lowest BCUT2D eigenvalue weighted by Crippen LogP contribution is -2.11. The Kier molecular flexibility index (Phi) is 5.51. The molecule has 0 aliphatic rings. The predicted octanol–water partition coefficient (Wildman–Crippen LogP) is 11.2.